The lowest BCUT2D eigenvalue weighted by Gasteiger charge is -1.95. The monoisotopic (exact) mass is 158 g/mol. The third-order valence-electron chi connectivity index (χ3n) is 0.524. The second-order valence-electron chi connectivity index (χ2n) is 1.19. The highest BCUT2D eigenvalue weighted by Gasteiger charge is 1.77. The van der Waals surface area contributed by atoms with Gasteiger partial charge in [0.1, 0.15) is 0 Å². The van der Waals surface area contributed by atoms with E-state index in [0.29, 0.717) is 26.3 Å². The average Bonchev–Trinajstić information content (AvgIpc) is 1.69. The van der Waals surface area contributed by atoms with Gasteiger partial charge in [0.05, 0.1) is 13.2 Å². The van der Waals surface area contributed by atoms with Crippen molar-refractivity contribution in [3.63, 3.8) is 0 Å². The molecule has 0 saturated carbocycles. The first-order chi connectivity index (χ1) is 3.41. The van der Waals surface area contributed by atoms with E-state index in [9.17, 15) is 0 Å². The van der Waals surface area contributed by atoms with Crippen LogP contribution in [0.5, 0.6) is 0 Å². The SMILES string of the molecule is Cl.NCCOCCN.O. The van der Waals surface area contributed by atoms with Crippen molar-refractivity contribution in [2.75, 3.05) is 26.3 Å². The molecule has 5 heteroatoms. The number of hydrogen-bond acceptors (Lipinski definition) is 3. The summed E-state index contributed by atoms with van der Waals surface area (Å²) in [6.07, 6.45) is 0. The molecule has 0 aromatic heterocycles. The zero-order chi connectivity index (χ0) is 5.54. The highest BCUT2D eigenvalue weighted by atomic mass is 35.5. The summed E-state index contributed by atoms with van der Waals surface area (Å²) in [5.74, 6) is 0. The summed E-state index contributed by atoms with van der Waals surface area (Å²) in [6, 6.07) is 0. The first-order valence-electron chi connectivity index (χ1n) is 2.39. The van der Waals surface area contributed by atoms with E-state index in [1.807, 2.05) is 0 Å². The van der Waals surface area contributed by atoms with E-state index in [-0.39, 0.29) is 17.9 Å². The fourth-order valence-corrected chi connectivity index (χ4v) is 0.269. The van der Waals surface area contributed by atoms with E-state index in [0.717, 1.165) is 0 Å². The summed E-state index contributed by atoms with van der Waals surface area (Å²) >= 11 is 0. The normalized spacial score (nSPS) is 7.33. The largest absolute Gasteiger partial charge is 0.412 e. The van der Waals surface area contributed by atoms with Crippen LogP contribution in [0.3, 0.4) is 0 Å². The lowest BCUT2D eigenvalue weighted by molar-refractivity contribution is 0.149. The molecule has 0 amide bonds. The van der Waals surface area contributed by atoms with E-state index < -0.39 is 0 Å². The predicted octanol–water partition coefficient (Wildman–Crippen LogP) is -1.48. The molecule has 0 atom stereocenters. The molecule has 0 spiro atoms. The zero-order valence-corrected chi connectivity index (χ0v) is 6.12. The van der Waals surface area contributed by atoms with E-state index in [1.165, 1.54) is 0 Å². The molecule has 4 nitrogen and oxygen atoms in total. The van der Waals surface area contributed by atoms with Gasteiger partial charge >= 0.3 is 0 Å². The molecule has 0 heterocycles. The van der Waals surface area contributed by atoms with Gasteiger partial charge in [-0.3, -0.25) is 0 Å². The summed E-state index contributed by atoms with van der Waals surface area (Å²) in [6.45, 7) is 2.41. The lowest BCUT2D eigenvalue weighted by Crippen LogP contribution is -2.13. The Labute approximate surface area is 61.3 Å². The zero-order valence-electron chi connectivity index (χ0n) is 5.30. The standard InChI is InChI=1S/C4H12N2O.ClH.H2O/c5-1-3-7-4-2-6;;/h1-6H2;1H;1H2. The van der Waals surface area contributed by atoms with Gasteiger partial charge in [0.15, 0.2) is 0 Å². The Morgan fingerprint density at radius 2 is 1.33 bits per heavy atom. The van der Waals surface area contributed by atoms with Gasteiger partial charge < -0.3 is 21.7 Å². The molecular weight excluding hydrogens is 144 g/mol. The molecule has 0 aliphatic rings. The van der Waals surface area contributed by atoms with Gasteiger partial charge in [0.2, 0.25) is 0 Å². The maximum absolute atomic E-state index is 5.10. The Morgan fingerprint density at radius 3 is 1.56 bits per heavy atom. The molecule has 0 unspecified atom stereocenters. The molecule has 0 radical (unpaired) electrons. The predicted molar refractivity (Wildman–Crippen MR) is 39.8 cm³/mol. The van der Waals surface area contributed by atoms with Gasteiger partial charge in [0.25, 0.3) is 0 Å². The van der Waals surface area contributed by atoms with Crippen LogP contribution < -0.4 is 11.5 Å². The van der Waals surface area contributed by atoms with Crippen molar-refractivity contribution >= 4 is 12.4 Å². The van der Waals surface area contributed by atoms with Crippen molar-refractivity contribution in [1.29, 1.82) is 0 Å². The summed E-state index contributed by atoms with van der Waals surface area (Å²) in [4.78, 5) is 0. The third-order valence-corrected chi connectivity index (χ3v) is 0.524. The molecule has 0 aliphatic heterocycles. The summed E-state index contributed by atoms with van der Waals surface area (Å²) < 4.78 is 4.88. The molecule has 0 bridgehead atoms. The Bertz CT molecular complexity index is 35.7. The van der Waals surface area contributed by atoms with Crippen LogP contribution in [0.4, 0.5) is 0 Å². The van der Waals surface area contributed by atoms with Crippen molar-refractivity contribution in [3.8, 4) is 0 Å². The van der Waals surface area contributed by atoms with Crippen LogP contribution in [0.2, 0.25) is 0 Å². The van der Waals surface area contributed by atoms with E-state index >= 15 is 0 Å². The Kier molecular flexibility index (Phi) is 28.0. The van der Waals surface area contributed by atoms with Crippen LogP contribution in [0.1, 0.15) is 0 Å². The third kappa shape index (κ3) is 17.9. The second-order valence-corrected chi connectivity index (χ2v) is 1.19. The van der Waals surface area contributed by atoms with Crippen molar-refractivity contribution < 1.29 is 10.2 Å². The van der Waals surface area contributed by atoms with E-state index in [1.54, 1.807) is 0 Å². The number of ether oxygens (including phenoxy) is 1. The summed E-state index contributed by atoms with van der Waals surface area (Å²) in [5, 5.41) is 0. The minimum absolute atomic E-state index is 0. The van der Waals surface area contributed by atoms with Crippen molar-refractivity contribution in [1.82, 2.24) is 0 Å². The average molecular weight is 159 g/mol. The first kappa shape index (κ1) is 16.1. The second kappa shape index (κ2) is 15.7. The molecular formula is C4H15ClN2O2. The molecule has 0 saturated heterocycles. The Balaban J connectivity index is -0.000000180. The fourth-order valence-electron chi connectivity index (χ4n) is 0.269. The molecule has 0 aliphatic carbocycles. The molecule has 9 heavy (non-hydrogen) atoms. The lowest BCUT2D eigenvalue weighted by atomic mass is 10.7. The quantitative estimate of drug-likeness (QED) is 0.489. The Hall–Kier alpha value is 0.130. The molecule has 0 aromatic carbocycles. The highest BCUT2D eigenvalue weighted by molar-refractivity contribution is 5.85. The van der Waals surface area contributed by atoms with Crippen LogP contribution >= 0.6 is 12.4 Å². The van der Waals surface area contributed by atoms with Crippen LogP contribution in [0, 0.1) is 0 Å². The van der Waals surface area contributed by atoms with Gasteiger partial charge in [-0.15, -0.1) is 12.4 Å². The van der Waals surface area contributed by atoms with Gasteiger partial charge in [-0.05, 0) is 0 Å². The van der Waals surface area contributed by atoms with Crippen molar-refractivity contribution in [3.05, 3.63) is 0 Å². The van der Waals surface area contributed by atoms with Gasteiger partial charge in [-0.2, -0.15) is 0 Å². The van der Waals surface area contributed by atoms with Crippen LogP contribution in [-0.4, -0.2) is 31.8 Å². The number of hydrogen-bond donors (Lipinski definition) is 2. The van der Waals surface area contributed by atoms with Crippen LogP contribution in [0.15, 0.2) is 0 Å². The van der Waals surface area contributed by atoms with E-state index in [2.05, 4.69) is 0 Å². The molecule has 60 valence electrons. The highest BCUT2D eigenvalue weighted by Crippen LogP contribution is 1.65. The number of rotatable bonds is 4. The van der Waals surface area contributed by atoms with Crippen LogP contribution in [-0.2, 0) is 4.74 Å². The van der Waals surface area contributed by atoms with Gasteiger partial charge in [-0.25, -0.2) is 0 Å². The smallest absolute Gasteiger partial charge is 0.0589 e. The van der Waals surface area contributed by atoms with Crippen LogP contribution in [0.25, 0.3) is 0 Å². The molecule has 0 rings (SSSR count). The minimum atomic E-state index is 0. The number of halogens is 1. The fraction of sp³-hybridized carbons (Fsp3) is 1.00. The van der Waals surface area contributed by atoms with Crippen molar-refractivity contribution in [2.45, 2.75) is 0 Å². The Morgan fingerprint density at radius 1 is 1.00 bits per heavy atom. The summed E-state index contributed by atoms with van der Waals surface area (Å²) in [5.41, 5.74) is 10.2. The van der Waals surface area contributed by atoms with E-state index in [4.69, 9.17) is 16.2 Å². The topological polar surface area (TPSA) is 92.8 Å². The molecule has 0 aromatic rings. The number of nitrogens with two attached hydrogens (primary N) is 2. The molecule has 0 fully saturated rings. The maximum atomic E-state index is 5.10. The van der Waals surface area contributed by atoms with Gasteiger partial charge in [-0.1, -0.05) is 0 Å². The maximum Gasteiger partial charge on any atom is 0.0589 e. The first-order valence-corrected chi connectivity index (χ1v) is 2.39. The van der Waals surface area contributed by atoms with Gasteiger partial charge in [0, 0.05) is 13.1 Å². The van der Waals surface area contributed by atoms with Crippen molar-refractivity contribution in [2.24, 2.45) is 11.5 Å². The minimum Gasteiger partial charge on any atom is -0.412 e. The summed E-state index contributed by atoms with van der Waals surface area (Å²) in [7, 11) is 0. The molecule has 6 N–H and O–H groups in total.